The molecule has 0 atom stereocenters. The van der Waals surface area contributed by atoms with Gasteiger partial charge in [-0.15, -0.1) is 6.42 Å². The molecule has 5 nitrogen and oxygen atoms in total. The number of sulfone groups is 1. The zero-order valence-electron chi connectivity index (χ0n) is 10.6. The lowest BCUT2D eigenvalue weighted by Crippen LogP contribution is -2.33. The third-order valence-electron chi connectivity index (χ3n) is 2.35. The Bertz CT molecular complexity index is 571. The maximum Gasteiger partial charge on any atom is 0.234 e. The van der Waals surface area contributed by atoms with Gasteiger partial charge in [0.2, 0.25) is 5.91 Å². The summed E-state index contributed by atoms with van der Waals surface area (Å²) in [4.78, 5) is 11.6. The van der Waals surface area contributed by atoms with E-state index in [2.05, 4.69) is 16.6 Å². The molecule has 2 N–H and O–H groups in total. The van der Waals surface area contributed by atoms with Gasteiger partial charge in [-0.25, -0.2) is 8.42 Å². The highest BCUT2D eigenvalue weighted by atomic mass is 32.2. The molecule has 1 aromatic rings. The van der Waals surface area contributed by atoms with E-state index in [0.29, 0.717) is 13.1 Å². The van der Waals surface area contributed by atoms with Crippen LogP contribution in [0.15, 0.2) is 29.2 Å². The van der Waals surface area contributed by atoms with Crippen LogP contribution in [-0.4, -0.2) is 33.7 Å². The summed E-state index contributed by atoms with van der Waals surface area (Å²) in [6.45, 7) is 0.850. The van der Waals surface area contributed by atoms with E-state index in [1.165, 1.54) is 12.1 Å². The van der Waals surface area contributed by atoms with E-state index in [-0.39, 0.29) is 17.3 Å². The molecule has 0 radical (unpaired) electrons. The highest BCUT2D eigenvalue weighted by Crippen LogP contribution is 2.09. The smallest absolute Gasteiger partial charge is 0.234 e. The van der Waals surface area contributed by atoms with E-state index in [4.69, 9.17) is 6.42 Å². The molecule has 0 bridgehead atoms. The molecule has 0 aromatic heterocycles. The van der Waals surface area contributed by atoms with E-state index in [1.807, 2.05) is 0 Å². The Hall–Kier alpha value is -1.84. The summed E-state index contributed by atoms with van der Waals surface area (Å²) in [6.07, 6.45) is 6.19. The average molecular weight is 280 g/mol. The Balaban J connectivity index is 2.47. The van der Waals surface area contributed by atoms with Gasteiger partial charge >= 0.3 is 0 Å². The largest absolute Gasteiger partial charge is 0.351 e. The first-order valence-electron chi connectivity index (χ1n) is 5.63. The fourth-order valence-corrected chi connectivity index (χ4v) is 2.00. The number of carbonyl (C=O) groups is 1. The summed E-state index contributed by atoms with van der Waals surface area (Å²) in [5.74, 6) is 2.20. The van der Waals surface area contributed by atoms with Crippen LogP contribution in [0.3, 0.4) is 0 Å². The normalized spacial score (nSPS) is 10.7. The van der Waals surface area contributed by atoms with Crippen LogP contribution in [0.25, 0.3) is 0 Å². The van der Waals surface area contributed by atoms with Gasteiger partial charge in [0, 0.05) is 12.8 Å². The number of hydrogen-bond acceptors (Lipinski definition) is 4. The highest BCUT2D eigenvalue weighted by molar-refractivity contribution is 7.90. The molecular formula is C13H16N2O3S. The van der Waals surface area contributed by atoms with Gasteiger partial charge in [0.05, 0.1) is 18.0 Å². The lowest BCUT2D eigenvalue weighted by molar-refractivity contribution is -0.120. The van der Waals surface area contributed by atoms with Crippen LogP contribution in [0.2, 0.25) is 0 Å². The molecule has 0 fully saturated rings. The fraction of sp³-hybridized carbons (Fsp3) is 0.308. The average Bonchev–Trinajstić information content (AvgIpc) is 2.36. The first-order chi connectivity index (χ1) is 8.93. The summed E-state index contributed by atoms with van der Waals surface area (Å²) in [7, 11) is -3.18. The topological polar surface area (TPSA) is 75.3 Å². The van der Waals surface area contributed by atoms with Gasteiger partial charge in [0.1, 0.15) is 0 Å². The minimum absolute atomic E-state index is 0.158. The number of amides is 1. The molecule has 0 saturated carbocycles. The summed E-state index contributed by atoms with van der Waals surface area (Å²) < 4.78 is 22.5. The molecule has 1 rings (SSSR count). The molecule has 102 valence electrons. The zero-order valence-corrected chi connectivity index (χ0v) is 11.5. The number of terminal acetylenes is 1. The SMILES string of the molecule is C#CCNCC(=O)NCc1ccc(S(C)(=O)=O)cc1. The number of nitrogens with one attached hydrogen (secondary N) is 2. The van der Waals surface area contributed by atoms with E-state index in [1.54, 1.807) is 12.1 Å². The first kappa shape index (κ1) is 15.2. The molecule has 6 heteroatoms. The summed E-state index contributed by atoms with van der Waals surface area (Å²) in [5.41, 5.74) is 0.831. The highest BCUT2D eigenvalue weighted by Gasteiger charge is 2.06. The van der Waals surface area contributed by atoms with Crippen molar-refractivity contribution in [3.63, 3.8) is 0 Å². The molecule has 0 saturated heterocycles. The van der Waals surface area contributed by atoms with Crippen molar-refractivity contribution in [3.05, 3.63) is 29.8 Å². The lowest BCUT2D eigenvalue weighted by atomic mass is 10.2. The van der Waals surface area contributed by atoms with Crippen molar-refractivity contribution in [1.82, 2.24) is 10.6 Å². The molecule has 1 aromatic carbocycles. The summed E-state index contributed by atoms with van der Waals surface area (Å²) in [5, 5.41) is 5.47. The Labute approximate surface area is 113 Å². The van der Waals surface area contributed by atoms with Gasteiger partial charge in [-0.05, 0) is 17.7 Å². The van der Waals surface area contributed by atoms with Gasteiger partial charge in [-0.1, -0.05) is 18.1 Å². The third kappa shape index (κ3) is 5.55. The van der Waals surface area contributed by atoms with E-state index >= 15 is 0 Å². The van der Waals surface area contributed by atoms with Crippen molar-refractivity contribution in [3.8, 4) is 12.3 Å². The van der Waals surface area contributed by atoms with Crippen molar-refractivity contribution in [2.24, 2.45) is 0 Å². The van der Waals surface area contributed by atoms with Gasteiger partial charge in [0.15, 0.2) is 9.84 Å². The predicted octanol–water partition coefficient (Wildman–Crippen LogP) is -0.0709. The first-order valence-corrected chi connectivity index (χ1v) is 7.52. The summed E-state index contributed by atoms with van der Waals surface area (Å²) >= 11 is 0. The predicted molar refractivity (Wildman–Crippen MR) is 73.1 cm³/mol. The Morgan fingerprint density at radius 2 is 1.95 bits per heavy atom. The molecule has 0 aliphatic rings. The van der Waals surface area contributed by atoms with Gasteiger partial charge < -0.3 is 5.32 Å². The molecule has 19 heavy (non-hydrogen) atoms. The van der Waals surface area contributed by atoms with Crippen LogP contribution >= 0.6 is 0 Å². The van der Waals surface area contributed by atoms with E-state index in [0.717, 1.165) is 11.8 Å². The van der Waals surface area contributed by atoms with Crippen LogP contribution in [0.5, 0.6) is 0 Å². The number of rotatable bonds is 6. The van der Waals surface area contributed by atoms with Crippen molar-refractivity contribution in [1.29, 1.82) is 0 Å². The van der Waals surface area contributed by atoms with Crippen molar-refractivity contribution in [2.75, 3.05) is 19.3 Å². The van der Waals surface area contributed by atoms with Crippen LogP contribution in [-0.2, 0) is 21.2 Å². The van der Waals surface area contributed by atoms with Crippen molar-refractivity contribution >= 4 is 15.7 Å². The Kier molecular flexibility index (Phi) is 5.55. The van der Waals surface area contributed by atoms with E-state index in [9.17, 15) is 13.2 Å². The second-order valence-electron chi connectivity index (χ2n) is 4.00. The Morgan fingerprint density at radius 3 is 2.47 bits per heavy atom. The van der Waals surface area contributed by atoms with Gasteiger partial charge in [-0.2, -0.15) is 0 Å². The maximum atomic E-state index is 11.4. The van der Waals surface area contributed by atoms with Crippen LogP contribution in [0.1, 0.15) is 5.56 Å². The molecule has 0 unspecified atom stereocenters. The van der Waals surface area contributed by atoms with Crippen LogP contribution < -0.4 is 10.6 Å². The third-order valence-corrected chi connectivity index (χ3v) is 3.48. The van der Waals surface area contributed by atoms with E-state index < -0.39 is 9.84 Å². The number of benzene rings is 1. The molecule has 0 heterocycles. The quantitative estimate of drug-likeness (QED) is 0.565. The minimum atomic E-state index is -3.18. The second-order valence-corrected chi connectivity index (χ2v) is 6.02. The van der Waals surface area contributed by atoms with Gasteiger partial charge in [0.25, 0.3) is 0 Å². The minimum Gasteiger partial charge on any atom is -0.351 e. The lowest BCUT2D eigenvalue weighted by Gasteiger charge is -2.06. The fourth-order valence-electron chi connectivity index (χ4n) is 1.37. The Morgan fingerprint density at radius 1 is 1.32 bits per heavy atom. The standard InChI is InChI=1S/C13H16N2O3S/c1-3-8-14-10-13(16)15-9-11-4-6-12(7-5-11)19(2,17)18/h1,4-7,14H,8-10H2,2H3,(H,15,16). The zero-order chi connectivity index (χ0) is 14.3. The number of hydrogen-bond donors (Lipinski definition) is 2. The molecular weight excluding hydrogens is 264 g/mol. The van der Waals surface area contributed by atoms with Crippen molar-refractivity contribution < 1.29 is 13.2 Å². The number of carbonyl (C=O) groups excluding carboxylic acids is 1. The van der Waals surface area contributed by atoms with Crippen molar-refractivity contribution in [2.45, 2.75) is 11.4 Å². The monoisotopic (exact) mass is 280 g/mol. The second kappa shape index (κ2) is 6.92. The molecule has 0 aliphatic carbocycles. The summed E-state index contributed by atoms with van der Waals surface area (Å²) in [6, 6.07) is 6.39. The molecule has 0 spiro atoms. The van der Waals surface area contributed by atoms with Crippen LogP contribution in [0.4, 0.5) is 0 Å². The van der Waals surface area contributed by atoms with Gasteiger partial charge in [-0.3, -0.25) is 10.1 Å². The molecule has 0 aliphatic heterocycles. The molecule has 1 amide bonds. The maximum absolute atomic E-state index is 11.4. The van der Waals surface area contributed by atoms with Crippen LogP contribution in [0, 0.1) is 12.3 Å².